The maximum atomic E-state index is 12.3. The zero-order valence-electron chi connectivity index (χ0n) is 14.2. The van der Waals surface area contributed by atoms with Crippen LogP contribution in [0.5, 0.6) is 5.75 Å². The Hall–Kier alpha value is -3.97. The van der Waals surface area contributed by atoms with Crippen LogP contribution in [-0.2, 0) is 0 Å². The van der Waals surface area contributed by atoms with Crippen LogP contribution >= 0.6 is 0 Å². The molecule has 0 saturated carbocycles. The standard InChI is InChI=1S/C18H12F2N7O/c19-17(20)28-15-3-1-13(2-4-15)24-18-25-16-11-22-5-6-27(16,26-18)14-7-12(8-21)9-23-10-14/h1-7,9-11,17H,(H,24,26)/q+1. The van der Waals surface area contributed by atoms with Crippen LogP contribution in [-0.4, -0.2) is 29.6 Å². The number of ether oxygens (including phenoxy) is 1. The molecule has 0 radical (unpaired) electrons. The molecule has 0 fully saturated rings. The summed E-state index contributed by atoms with van der Waals surface area (Å²) in [7, 11) is 0. The average molecular weight is 380 g/mol. The molecule has 2 aliphatic rings. The number of nitriles is 1. The quantitative estimate of drug-likeness (QED) is 0.824. The van der Waals surface area contributed by atoms with E-state index in [1.54, 1.807) is 43.0 Å². The van der Waals surface area contributed by atoms with Gasteiger partial charge in [-0.05, 0) is 29.4 Å². The monoisotopic (exact) mass is 380 g/mol. The van der Waals surface area contributed by atoms with Crippen LogP contribution < -0.4 is 14.6 Å². The summed E-state index contributed by atoms with van der Waals surface area (Å²) in [6, 6.07) is 9.70. The number of hydrogen-bond acceptors (Lipinski definition) is 7. The highest BCUT2D eigenvalue weighted by atomic mass is 19.3. The van der Waals surface area contributed by atoms with E-state index in [2.05, 4.69) is 36.2 Å². The molecule has 138 valence electrons. The number of anilines is 1. The molecule has 28 heavy (non-hydrogen) atoms. The van der Waals surface area contributed by atoms with Crippen molar-refractivity contribution in [3.8, 4) is 11.8 Å². The van der Waals surface area contributed by atoms with E-state index in [9.17, 15) is 8.78 Å². The smallest absolute Gasteiger partial charge is 0.387 e. The van der Waals surface area contributed by atoms with Crippen molar-refractivity contribution in [3.05, 3.63) is 60.7 Å². The third-order valence-corrected chi connectivity index (χ3v) is 3.96. The van der Waals surface area contributed by atoms with E-state index in [0.717, 1.165) is 0 Å². The van der Waals surface area contributed by atoms with Gasteiger partial charge in [0.1, 0.15) is 18.0 Å². The molecule has 1 N–H and O–H groups in total. The summed E-state index contributed by atoms with van der Waals surface area (Å²) in [5.74, 6) is 0.855. The van der Waals surface area contributed by atoms with E-state index < -0.39 is 6.61 Å². The lowest BCUT2D eigenvalue weighted by atomic mass is 10.2. The number of benzene rings is 1. The summed E-state index contributed by atoms with van der Waals surface area (Å²) in [5.41, 5.74) is 1.61. The van der Waals surface area contributed by atoms with Crippen LogP contribution in [0.25, 0.3) is 0 Å². The number of aliphatic imine (C=N–C) groups is 2. The zero-order valence-corrected chi connectivity index (χ0v) is 14.2. The molecule has 1 unspecified atom stereocenters. The molecule has 0 bridgehead atoms. The van der Waals surface area contributed by atoms with Crippen LogP contribution in [0.15, 0.2) is 70.2 Å². The SMILES string of the molecule is N#Cc1cncc([N+]23C=CN=CC2=NC(Nc2ccc(OC(F)F)cc2)=N3)c1. The van der Waals surface area contributed by atoms with Crippen molar-refractivity contribution in [1.29, 1.82) is 5.26 Å². The van der Waals surface area contributed by atoms with Crippen LogP contribution in [0, 0.1) is 11.3 Å². The van der Waals surface area contributed by atoms with Gasteiger partial charge >= 0.3 is 6.61 Å². The number of nitrogens with zero attached hydrogens (tertiary/aromatic N) is 6. The molecule has 10 heteroatoms. The summed E-state index contributed by atoms with van der Waals surface area (Å²) in [4.78, 5) is 12.6. The van der Waals surface area contributed by atoms with Gasteiger partial charge in [-0.1, -0.05) is 4.59 Å². The highest BCUT2D eigenvalue weighted by Gasteiger charge is 2.43. The van der Waals surface area contributed by atoms with Gasteiger partial charge < -0.3 is 10.1 Å². The van der Waals surface area contributed by atoms with Gasteiger partial charge in [-0.2, -0.15) is 19.0 Å². The van der Waals surface area contributed by atoms with E-state index >= 15 is 0 Å². The number of alkyl halides is 2. The van der Waals surface area contributed by atoms with E-state index in [0.29, 0.717) is 22.8 Å². The Balaban J connectivity index is 1.64. The second-order valence-corrected chi connectivity index (χ2v) is 5.73. The third kappa shape index (κ3) is 3.22. The van der Waals surface area contributed by atoms with Crippen molar-refractivity contribution >= 4 is 29.4 Å². The highest BCUT2D eigenvalue weighted by Crippen LogP contribution is 2.31. The molecule has 8 nitrogen and oxygen atoms in total. The van der Waals surface area contributed by atoms with Crippen LogP contribution in [0.1, 0.15) is 5.56 Å². The molecular weight excluding hydrogens is 368 g/mol. The molecular formula is C18H12F2N7O+. The molecule has 1 aromatic heterocycles. The minimum absolute atomic E-state index is 0.0515. The van der Waals surface area contributed by atoms with Crippen LogP contribution in [0.2, 0.25) is 0 Å². The molecule has 0 saturated heterocycles. The van der Waals surface area contributed by atoms with Gasteiger partial charge in [0.25, 0.3) is 11.8 Å². The number of rotatable bonds is 4. The summed E-state index contributed by atoms with van der Waals surface area (Å²) in [5, 5.41) is 16.8. The lowest BCUT2D eigenvalue weighted by Crippen LogP contribution is -2.44. The molecule has 2 aliphatic heterocycles. The zero-order chi connectivity index (χ0) is 19.6. The summed E-state index contributed by atoms with van der Waals surface area (Å²) >= 11 is 0. The number of fused-ring (bicyclic) bond motifs is 1. The topological polar surface area (TPSA) is 95.0 Å². The van der Waals surface area contributed by atoms with Crippen molar-refractivity contribution in [1.82, 2.24) is 9.58 Å². The maximum Gasteiger partial charge on any atom is 0.387 e. The number of halogens is 2. The minimum Gasteiger partial charge on any atom is -0.435 e. The molecule has 2 aromatic rings. The number of nitrogens with one attached hydrogen (secondary N) is 1. The van der Waals surface area contributed by atoms with Crippen molar-refractivity contribution in [3.63, 3.8) is 0 Å². The molecule has 4 rings (SSSR count). The normalized spacial score (nSPS) is 19.6. The first kappa shape index (κ1) is 17.4. The first-order valence-corrected chi connectivity index (χ1v) is 8.06. The summed E-state index contributed by atoms with van der Waals surface area (Å²) in [6.07, 6.45) is 7.92. The molecule has 3 heterocycles. The number of pyridine rings is 1. The Kier molecular flexibility index (Phi) is 4.35. The van der Waals surface area contributed by atoms with Crippen molar-refractivity contribution in [2.75, 3.05) is 5.32 Å². The summed E-state index contributed by atoms with van der Waals surface area (Å²) < 4.78 is 28.7. The Morgan fingerprint density at radius 1 is 1.18 bits per heavy atom. The Bertz CT molecular complexity index is 1070. The first-order chi connectivity index (χ1) is 13.6. The third-order valence-electron chi connectivity index (χ3n) is 3.96. The number of guanidine groups is 1. The van der Waals surface area contributed by atoms with Gasteiger partial charge in [0.15, 0.2) is 11.9 Å². The van der Waals surface area contributed by atoms with Gasteiger partial charge in [0.05, 0.1) is 18.0 Å². The van der Waals surface area contributed by atoms with Gasteiger partial charge in [-0.3, -0.25) is 9.98 Å². The predicted molar refractivity (Wildman–Crippen MR) is 99.9 cm³/mol. The van der Waals surface area contributed by atoms with E-state index in [-0.39, 0.29) is 16.3 Å². The van der Waals surface area contributed by atoms with Crippen molar-refractivity contribution in [2.24, 2.45) is 15.1 Å². The van der Waals surface area contributed by atoms with Crippen LogP contribution in [0.3, 0.4) is 0 Å². The molecule has 0 amide bonds. The number of aromatic nitrogens is 1. The van der Waals surface area contributed by atoms with Gasteiger partial charge in [-0.15, -0.1) is 0 Å². The first-order valence-electron chi connectivity index (χ1n) is 8.06. The largest absolute Gasteiger partial charge is 0.435 e. The van der Waals surface area contributed by atoms with Crippen molar-refractivity contribution < 1.29 is 13.5 Å². The molecule has 0 spiro atoms. The lowest BCUT2D eigenvalue weighted by Gasteiger charge is -2.23. The lowest BCUT2D eigenvalue weighted by molar-refractivity contribution is -0.0498. The van der Waals surface area contributed by atoms with Crippen LogP contribution in [0.4, 0.5) is 20.2 Å². The van der Waals surface area contributed by atoms with Crippen molar-refractivity contribution in [2.45, 2.75) is 6.61 Å². The summed E-state index contributed by atoms with van der Waals surface area (Å²) in [6.45, 7) is -2.88. The number of amidine groups is 1. The number of quaternary nitrogens is 1. The van der Waals surface area contributed by atoms with Gasteiger partial charge in [-0.25, -0.2) is 0 Å². The highest BCUT2D eigenvalue weighted by molar-refractivity contribution is 6.38. The Labute approximate surface area is 158 Å². The Morgan fingerprint density at radius 2 is 2.00 bits per heavy atom. The fraction of sp³-hybridized carbons (Fsp3) is 0.0556. The van der Waals surface area contributed by atoms with Gasteiger partial charge in [0.2, 0.25) is 0 Å². The second kappa shape index (κ2) is 6.98. The average Bonchev–Trinajstić information content (AvgIpc) is 3.08. The molecule has 1 aromatic carbocycles. The fourth-order valence-corrected chi connectivity index (χ4v) is 2.73. The maximum absolute atomic E-state index is 12.3. The second-order valence-electron chi connectivity index (χ2n) is 5.73. The molecule has 0 aliphatic carbocycles. The fourth-order valence-electron chi connectivity index (χ4n) is 2.73. The Morgan fingerprint density at radius 3 is 2.75 bits per heavy atom. The van der Waals surface area contributed by atoms with E-state index in [1.807, 2.05) is 0 Å². The van der Waals surface area contributed by atoms with Gasteiger partial charge in [0, 0.05) is 18.0 Å². The number of hydrogen-bond donors (Lipinski definition) is 1. The minimum atomic E-state index is -2.88. The predicted octanol–water partition coefficient (Wildman–Crippen LogP) is 3.21. The molecule has 1 atom stereocenters. The van der Waals surface area contributed by atoms with E-state index in [1.165, 1.54) is 18.3 Å². The van der Waals surface area contributed by atoms with E-state index in [4.69, 9.17) is 5.26 Å².